The minimum absolute atomic E-state index is 0.109. The average Bonchev–Trinajstić information content (AvgIpc) is 3.45. The Morgan fingerprint density at radius 1 is 1.27 bits per heavy atom. The highest BCUT2D eigenvalue weighted by atomic mass is 35.5. The predicted molar refractivity (Wildman–Crippen MR) is 154 cm³/mol. The van der Waals surface area contributed by atoms with Crippen LogP contribution in [0.1, 0.15) is 52.9 Å². The van der Waals surface area contributed by atoms with Gasteiger partial charge < -0.3 is 24.4 Å². The first-order chi connectivity index (χ1) is 19.1. The third kappa shape index (κ3) is 4.88. The monoisotopic (exact) mass is 572 g/mol. The van der Waals surface area contributed by atoms with Crippen LogP contribution < -0.4 is 4.90 Å². The maximum Gasteiger partial charge on any atom is 0.312 e. The number of anilines is 1. The van der Waals surface area contributed by atoms with Crippen molar-refractivity contribution >= 4 is 35.1 Å². The molecular formula is C31H41ClN2O6. The number of aliphatic hydroxyl groups excluding tert-OH is 1. The Kier molecular flexibility index (Phi) is 9.12. The van der Waals surface area contributed by atoms with Gasteiger partial charge in [0.25, 0.3) is 5.91 Å². The third-order valence-electron chi connectivity index (χ3n) is 9.08. The van der Waals surface area contributed by atoms with Crippen LogP contribution in [0.2, 0.25) is 5.02 Å². The molecule has 0 aromatic heterocycles. The number of carbonyl (C=O) groups excluding carboxylic acids is 3. The molecule has 1 spiro atoms. The van der Waals surface area contributed by atoms with Gasteiger partial charge in [0, 0.05) is 17.3 Å². The first-order valence-electron chi connectivity index (χ1n) is 14.2. The normalized spacial score (nSPS) is 31.1. The Balaban J connectivity index is 1.76. The topological polar surface area (TPSA) is 96.4 Å². The van der Waals surface area contributed by atoms with Crippen LogP contribution in [0.5, 0.6) is 0 Å². The van der Waals surface area contributed by atoms with E-state index in [0.717, 1.165) is 12.8 Å². The van der Waals surface area contributed by atoms with Crippen LogP contribution in [0.15, 0.2) is 49.6 Å². The second-order valence-corrected chi connectivity index (χ2v) is 11.8. The lowest BCUT2D eigenvalue weighted by Crippen LogP contribution is -2.59. The maximum atomic E-state index is 14.6. The molecule has 8 nitrogen and oxygen atoms in total. The Morgan fingerprint density at radius 3 is 2.58 bits per heavy atom. The zero-order valence-corrected chi connectivity index (χ0v) is 24.4. The van der Waals surface area contributed by atoms with Crippen LogP contribution >= 0.6 is 11.6 Å². The zero-order chi connectivity index (χ0) is 29.2. The van der Waals surface area contributed by atoms with Crippen LogP contribution in [-0.2, 0) is 23.9 Å². The SMILES string of the molecule is C=CCCCCOC(=O)[C@H]1[C@H]2C(=O)N([C@@H](CC)CO)C(C(=O)N(CC=C)c3ccc(Cl)cc3)C23CC(C)[C@]1(C)O3. The summed E-state index contributed by atoms with van der Waals surface area (Å²) >= 11 is 6.11. The van der Waals surface area contributed by atoms with Crippen molar-refractivity contribution in [3.05, 3.63) is 54.6 Å². The summed E-state index contributed by atoms with van der Waals surface area (Å²) < 4.78 is 12.5. The number of nitrogens with zero attached hydrogens (tertiary/aromatic N) is 2. The molecule has 2 amide bonds. The number of allylic oxidation sites excluding steroid dienone is 1. The van der Waals surface area contributed by atoms with Crippen LogP contribution in [0.25, 0.3) is 0 Å². The predicted octanol–water partition coefficient (Wildman–Crippen LogP) is 4.54. The van der Waals surface area contributed by atoms with E-state index in [2.05, 4.69) is 13.2 Å². The number of ether oxygens (including phenoxy) is 2. The van der Waals surface area contributed by atoms with Gasteiger partial charge in [-0.15, -0.1) is 13.2 Å². The van der Waals surface area contributed by atoms with Crippen molar-refractivity contribution in [2.45, 2.75) is 76.2 Å². The Hall–Kier alpha value is -2.68. The number of benzene rings is 1. The molecule has 1 aromatic carbocycles. The van der Waals surface area contributed by atoms with Crippen molar-refractivity contribution in [2.24, 2.45) is 17.8 Å². The molecule has 0 radical (unpaired) electrons. The minimum Gasteiger partial charge on any atom is -0.465 e. The summed E-state index contributed by atoms with van der Waals surface area (Å²) in [7, 11) is 0. The molecule has 3 aliphatic heterocycles. The van der Waals surface area contributed by atoms with Gasteiger partial charge in [-0.1, -0.05) is 37.6 Å². The molecule has 4 rings (SSSR count). The van der Waals surface area contributed by atoms with Crippen LogP contribution in [0, 0.1) is 17.8 Å². The van der Waals surface area contributed by atoms with Gasteiger partial charge in [0.2, 0.25) is 5.91 Å². The Labute approximate surface area is 241 Å². The molecule has 3 fully saturated rings. The van der Waals surface area contributed by atoms with Gasteiger partial charge in [0.15, 0.2) is 0 Å². The molecule has 3 saturated heterocycles. The number of aliphatic hydroxyl groups is 1. The first-order valence-corrected chi connectivity index (χ1v) is 14.6. The van der Waals surface area contributed by atoms with E-state index in [1.165, 1.54) is 4.90 Å². The highest BCUT2D eigenvalue weighted by Crippen LogP contribution is 2.65. The third-order valence-corrected chi connectivity index (χ3v) is 9.33. The summed E-state index contributed by atoms with van der Waals surface area (Å²) in [4.78, 5) is 45.5. The first kappa shape index (κ1) is 30.3. The van der Waals surface area contributed by atoms with Crippen LogP contribution in [0.4, 0.5) is 5.69 Å². The second-order valence-electron chi connectivity index (χ2n) is 11.4. The van der Waals surface area contributed by atoms with Crippen molar-refractivity contribution in [3.63, 3.8) is 0 Å². The minimum atomic E-state index is -1.23. The van der Waals surface area contributed by atoms with E-state index in [4.69, 9.17) is 21.1 Å². The standard InChI is InChI=1S/C31H41ClN2O6/c1-6-9-10-11-17-39-29(38)25-24-27(36)34(22(8-3)19-35)26(31(24)18-20(4)30(25,5)40-31)28(37)33(16-7-2)23-14-12-21(32)13-15-23/h6-7,12-15,20,22,24-26,35H,1-2,8-11,16-19H2,3-5H3/t20?,22-,24-,25+,26?,30-,31?/m0/s1. The van der Waals surface area contributed by atoms with Crippen molar-refractivity contribution < 1.29 is 29.0 Å². The summed E-state index contributed by atoms with van der Waals surface area (Å²) in [6, 6.07) is 5.23. The number of likely N-dealkylation sites (tertiary alicyclic amines) is 1. The number of amides is 2. The van der Waals surface area contributed by atoms with Crippen molar-refractivity contribution in [3.8, 4) is 0 Å². The van der Waals surface area contributed by atoms with Gasteiger partial charge in [-0.2, -0.15) is 0 Å². The fraction of sp³-hybridized carbons (Fsp3) is 0.581. The van der Waals surface area contributed by atoms with Crippen LogP contribution in [0.3, 0.4) is 0 Å². The van der Waals surface area contributed by atoms with Gasteiger partial charge >= 0.3 is 5.97 Å². The lowest BCUT2D eigenvalue weighted by Gasteiger charge is -2.39. The number of hydrogen-bond acceptors (Lipinski definition) is 6. The van der Waals surface area contributed by atoms with Gasteiger partial charge in [-0.05, 0) is 69.2 Å². The average molecular weight is 573 g/mol. The number of fused-ring (bicyclic) bond motifs is 1. The van der Waals surface area contributed by atoms with E-state index in [-0.39, 0.29) is 37.5 Å². The fourth-order valence-electron chi connectivity index (χ4n) is 7.00. The smallest absolute Gasteiger partial charge is 0.312 e. The molecule has 2 bridgehead atoms. The number of unbranched alkanes of at least 4 members (excludes halogenated alkanes) is 2. The zero-order valence-electron chi connectivity index (χ0n) is 23.7. The lowest BCUT2D eigenvalue weighted by atomic mass is 9.62. The summed E-state index contributed by atoms with van der Waals surface area (Å²) in [6.45, 7) is 13.4. The number of rotatable bonds is 13. The van der Waals surface area contributed by atoms with Gasteiger partial charge in [0.1, 0.15) is 17.6 Å². The molecule has 3 heterocycles. The van der Waals surface area contributed by atoms with Crippen molar-refractivity contribution in [1.29, 1.82) is 0 Å². The van der Waals surface area contributed by atoms with E-state index in [0.29, 0.717) is 30.0 Å². The number of hydrogen-bond donors (Lipinski definition) is 1. The summed E-state index contributed by atoms with van der Waals surface area (Å²) in [5.41, 5.74) is -1.60. The lowest BCUT2D eigenvalue weighted by molar-refractivity contribution is -0.162. The molecular weight excluding hydrogens is 532 g/mol. The summed E-state index contributed by atoms with van der Waals surface area (Å²) in [5, 5.41) is 10.8. The largest absolute Gasteiger partial charge is 0.465 e. The highest BCUT2D eigenvalue weighted by Gasteiger charge is 2.80. The second kappa shape index (κ2) is 12.0. The molecule has 7 atom stereocenters. The molecule has 218 valence electrons. The van der Waals surface area contributed by atoms with E-state index >= 15 is 0 Å². The Bertz CT molecular complexity index is 1140. The molecule has 3 aliphatic rings. The molecule has 0 saturated carbocycles. The number of esters is 1. The molecule has 1 N–H and O–H groups in total. The maximum absolute atomic E-state index is 14.6. The van der Waals surface area contributed by atoms with E-state index < -0.39 is 41.1 Å². The van der Waals surface area contributed by atoms with E-state index in [1.807, 2.05) is 26.8 Å². The summed E-state index contributed by atoms with van der Waals surface area (Å²) in [5.74, 6) is -3.03. The molecule has 1 aromatic rings. The molecule has 40 heavy (non-hydrogen) atoms. The number of halogens is 1. The molecule has 9 heteroatoms. The van der Waals surface area contributed by atoms with Gasteiger partial charge in [0.05, 0.1) is 30.8 Å². The fourth-order valence-corrected chi connectivity index (χ4v) is 7.12. The number of carbonyl (C=O) groups is 3. The van der Waals surface area contributed by atoms with Gasteiger partial charge in [-0.3, -0.25) is 14.4 Å². The van der Waals surface area contributed by atoms with E-state index in [9.17, 15) is 19.5 Å². The van der Waals surface area contributed by atoms with Crippen molar-refractivity contribution in [1.82, 2.24) is 4.90 Å². The molecule has 3 unspecified atom stereocenters. The van der Waals surface area contributed by atoms with Gasteiger partial charge in [-0.25, -0.2) is 0 Å². The van der Waals surface area contributed by atoms with Crippen LogP contribution in [-0.4, -0.2) is 70.8 Å². The van der Waals surface area contributed by atoms with Crippen molar-refractivity contribution in [2.75, 3.05) is 24.7 Å². The van der Waals surface area contributed by atoms with E-state index in [1.54, 1.807) is 35.2 Å². The summed E-state index contributed by atoms with van der Waals surface area (Å²) in [6.07, 6.45) is 6.68. The Morgan fingerprint density at radius 2 is 1.98 bits per heavy atom. The highest BCUT2D eigenvalue weighted by molar-refractivity contribution is 6.30. The molecule has 0 aliphatic carbocycles. The quantitative estimate of drug-likeness (QED) is 0.212.